The molecule has 0 unspecified atom stereocenters. The van der Waals surface area contributed by atoms with Gasteiger partial charge in [-0.15, -0.1) is 11.3 Å². The van der Waals surface area contributed by atoms with Crippen molar-refractivity contribution in [1.82, 2.24) is 15.1 Å². The van der Waals surface area contributed by atoms with Gasteiger partial charge in [-0.3, -0.25) is 9.48 Å². The lowest BCUT2D eigenvalue weighted by molar-refractivity contribution is -0.122. The van der Waals surface area contributed by atoms with Crippen LogP contribution in [0.2, 0.25) is 0 Å². The van der Waals surface area contributed by atoms with Gasteiger partial charge in [0.05, 0.1) is 11.9 Å². The van der Waals surface area contributed by atoms with Crippen LogP contribution in [0.5, 0.6) is 0 Å². The highest BCUT2D eigenvalue weighted by Gasteiger charge is 2.23. The summed E-state index contributed by atoms with van der Waals surface area (Å²) in [7, 11) is 0. The number of amides is 1. The number of hydrogen-bond acceptors (Lipinski definition) is 4. The highest BCUT2D eigenvalue weighted by Crippen LogP contribution is 2.19. The Kier molecular flexibility index (Phi) is 3.73. The molecule has 0 aliphatic heterocycles. The van der Waals surface area contributed by atoms with E-state index in [0.717, 1.165) is 25.1 Å². The third kappa shape index (κ3) is 3.60. The zero-order valence-corrected chi connectivity index (χ0v) is 12.2. The third-order valence-corrected chi connectivity index (χ3v) is 4.14. The monoisotopic (exact) mass is 290 g/mol. The van der Waals surface area contributed by atoms with Gasteiger partial charge in [0.25, 0.3) is 0 Å². The Hall–Kier alpha value is -1.82. The number of anilines is 1. The van der Waals surface area contributed by atoms with Crippen LogP contribution in [-0.4, -0.2) is 21.7 Å². The van der Waals surface area contributed by atoms with Crippen molar-refractivity contribution in [1.29, 1.82) is 0 Å². The number of nitrogens with one attached hydrogen (secondary N) is 2. The van der Waals surface area contributed by atoms with E-state index in [1.165, 1.54) is 9.75 Å². The summed E-state index contributed by atoms with van der Waals surface area (Å²) >= 11 is 1.78. The summed E-state index contributed by atoms with van der Waals surface area (Å²) in [4.78, 5) is 14.3. The van der Waals surface area contributed by atoms with E-state index in [1.54, 1.807) is 22.2 Å². The fourth-order valence-electron chi connectivity index (χ4n) is 1.96. The van der Waals surface area contributed by atoms with Gasteiger partial charge in [0.15, 0.2) is 0 Å². The second-order valence-corrected chi connectivity index (χ2v) is 6.51. The lowest BCUT2D eigenvalue weighted by Crippen LogP contribution is -2.29. The second kappa shape index (κ2) is 5.66. The summed E-state index contributed by atoms with van der Waals surface area (Å²) in [6.45, 7) is 3.18. The van der Waals surface area contributed by atoms with E-state index in [4.69, 9.17) is 0 Å². The normalized spacial score (nSPS) is 14.2. The average molecular weight is 290 g/mol. The van der Waals surface area contributed by atoms with Crippen LogP contribution in [0.4, 0.5) is 5.69 Å². The molecule has 0 atom stereocenters. The topological polar surface area (TPSA) is 59.0 Å². The SMILES string of the molecule is Cc1ccc(CNc2cnn(CC(=O)NC3CC3)c2)s1. The number of aryl methyl sites for hydroxylation is 1. The van der Waals surface area contributed by atoms with E-state index in [9.17, 15) is 4.79 Å². The number of hydrogen-bond donors (Lipinski definition) is 2. The highest BCUT2D eigenvalue weighted by atomic mass is 32.1. The van der Waals surface area contributed by atoms with Gasteiger partial charge in [-0.1, -0.05) is 0 Å². The summed E-state index contributed by atoms with van der Waals surface area (Å²) in [6, 6.07) is 4.64. The van der Waals surface area contributed by atoms with Crippen molar-refractivity contribution in [2.24, 2.45) is 0 Å². The van der Waals surface area contributed by atoms with Crippen molar-refractivity contribution in [3.63, 3.8) is 0 Å². The Labute approximate surface area is 122 Å². The molecule has 0 bridgehead atoms. The molecule has 1 aliphatic carbocycles. The molecule has 0 radical (unpaired) electrons. The molecule has 2 aromatic heterocycles. The van der Waals surface area contributed by atoms with Crippen molar-refractivity contribution in [2.45, 2.75) is 38.9 Å². The Bertz CT molecular complexity index is 600. The predicted octanol–water partition coefficient (Wildman–Crippen LogP) is 2.14. The number of thiophene rings is 1. The minimum absolute atomic E-state index is 0.0380. The fraction of sp³-hybridized carbons (Fsp3) is 0.429. The number of aromatic nitrogens is 2. The maximum absolute atomic E-state index is 11.7. The van der Waals surface area contributed by atoms with E-state index >= 15 is 0 Å². The zero-order chi connectivity index (χ0) is 13.9. The van der Waals surface area contributed by atoms with Crippen LogP contribution in [0, 0.1) is 6.92 Å². The summed E-state index contributed by atoms with van der Waals surface area (Å²) in [6.07, 6.45) is 5.84. The lowest BCUT2D eigenvalue weighted by atomic mass is 10.4. The van der Waals surface area contributed by atoms with Crippen molar-refractivity contribution in [3.05, 3.63) is 34.3 Å². The molecule has 106 valence electrons. The Balaban J connectivity index is 1.49. The van der Waals surface area contributed by atoms with Crippen molar-refractivity contribution in [3.8, 4) is 0 Å². The summed E-state index contributed by atoms with van der Waals surface area (Å²) in [5, 5.41) is 10.5. The molecule has 0 spiro atoms. The second-order valence-electron chi connectivity index (χ2n) is 5.13. The van der Waals surface area contributed by atoms with Gasteiger partial charge >= 0.3 is 0 Å². The largest absolute Gasteiger partial charge is 0.378 e. The zero-order valence-electron chi connectivity index (χ0n) is 11.4. The summed E-state index contributed by atoms with van der Waals surface area (Å²) in [5.41, 5.74) is 0.940. The molecule has 1 aliphatic rings. The number of rotatable bonds is 6. The molecular weight excluding hydrogens is 272 g/mol. The van der Waals surface area contributed by atoms with Gasteiger partial charge in [-0.2, -0.15) is 5.10 Å². The molecule has 3 rings (SSSR count). The molecule has 2 heterocycles. The van der Waals surface area contributed by atoms with Crippen LogP contribution in [0.15, 0.2) is 24.5 Å². The quantitative estimate of drug-likeness (QED) is 0.857. The van der Waals surface area contributed by atoms with Gasteiger partial charge in [0, 0.05) is 28.5 Å². The van der Waals surface area contributed by atoms with E-state index in [0.29, 0.717) is 6.04 Å². The molecule has 0 aromatic carbocycles. The standard InChI is InChI=1S/C14H18N4OS/c1-10-2-5-13(20-10)7-15-12-6-16-18(8-12)9-14(19)17-11-3-4-11/h2,5-6,8,11,15H,3-4,7,9H2,1H3,(H,17,19). The van der Waals surface area contributed by atoms with Crippen molar-refractivity contribution >= 4 is 22.9 Å². The van der Waals surface area contributed by atoms with Gasteiger partial charge in [-0.25, -0.2) is 0 Å². The summed E-state index contributed by atoms with van der Waals surface area (Å²) < 4.78 is 1.67. The lowest BCUT2D eigenvalue weighted by Gasteiger charge is -2.03. The van der Waals surface area contributed by atoms with Crippen LogP contribution in [-0.2, 0) is 17.9 Å². The molecule has 1 saturated carbocycles. The molecule has 0 saturated heterocycles. The van der Waals surface area contributed by atoms with Crippen LogP contribution < -0.4 is 10.6 Å². The number of nitrogens with zero attached hydrogens (tertiary/aromatic N) is 2. The maximum Gasteiger partial charge on any atom is 0.241 e. The van der Waals surface area contributed by atoms with Crippen molar-refractivity contribution in [2.75, 3.05) is 5.32 Å². The molecule has 2 N–H and O–H groups in total. The molecule has 5 nitrogen and oxygen atoms in total. The van der Waals surface area contributed by atoms with E-state index < -0.39 is 0 Å². The van der Waals surface area contributed by atoms with Gasteiger partial charge < -0.3 is 10.6 Å². The Morgan fingerprint density at radius 1 is 1.50 bits per heavy atom. The first kappa shape index (κ1) is 13.2. The smallest absolute Gasteiger partial charge is 0.241 e. The summed E-state index contributed by atoms with van der Waals surface area (Å²) in [5.74, 6) is 0.0380. The van der Waals surface area contributed by atoms with E-state index in [1.807, 2.05) is 6.20 Å². The number of carbonyl (C=O) groups excluding carboxylic acids is 1. The fourth-order valence-corrected chi connectivity index (χ4v) is 2.79. The van der Waals surface area contributed by atoms with Crippen LogP contribution in [0.25, 0.3) is 0 Å². The highest BCUT2D eigenvalue weighted by molar-refractivity contribution is 7.11. The van der Waals surface area contributed by atoms with E-state index in [-0.39, 0.29) is 12.5 Å². The van der Waals surface area contributed by atoms with E-state index in [2.05, 4.69) is 34.8 Å². The van der Waals surface area contributed by atoms with Gasteiger partial charge in [0.2, 0.25) is 5.91 Å². The van der Waals surface area contributed by atoms with Crippen LogP contribution in [0.3, 0.4) is 0 Å². The first-order chi connectivity index (χ1) is 9.69. The molecule has 1 amide bonds. The molecular formula is C14H18N4OS. The molecule has 20 heavy (non-hydrogen) atoms. The third-order valence-electron chi connectivity index (χ3n) is 3.14. The average Bonchev–Trinajstić information content (AvgIpc) is 2.94. The van der Waals surface area contributed by atoms with Gasteiger partial charge in [0.1, 0.15) is 6.54 Å². The molecule has 2 aromatic rings. The maximum atomic E-state index is 11.7. The Morgan fingerprint density at radius 3 is 3.05 bits per heavy atom. The first-order valence-electron chi connectivity index (χ1n) is 6.80. The molecule has 1 fully saturated rings. The first-order valence-corrected chi connectivity index (χ1v) is 7.62. The van der Waals surface area contributed by atoms with Crippen LogP contribution in [0.1, 0.15) is 22.6 Å². The minimum Gasteiger partial charge on any atom is -0.378 e. The van der Waals surface area contributed by atoms with Gasteiger partial charge in [-0.05, 0) is 31.9 Å². The van der Waals surface area contributed by atoms with Crippen molar-refractivity contribution < 1.29 is 4.79 Å². The number of carbonyl (C=O) groups is 1. The minimum atomic E-state index is 0.0380. The predicted molar refractivity (Wildman–Crippen MR) is 79.8 cm³/mol. The Morgan fingerprint density at radius 2 is 2.35 bits per heavy atom. The van der Waals surface area contributed by atoms with Crippen LogP contribution >= 0.6 is 11.3 Å². The molecule has 6 heteroatoms.